The Labute approximate surface area is 201 Å². The first kappa shape index (κ1) is 23.8. The first-order chi connectivity index (χ1) is 16.3. The number of hydroxylamine groups is 2. The zero-order valence-electron chi connectivity index (χ0n) is 20.3. The fraction of sp³-hybridized carbons (Fsp3) is 0.407. The molecule has 5 rings (SSSR count). The van der Waals surface area contributed by atoms with Gasteiger partial charge in [-0.25, -0.2) is 5.06 Å². The average molecular weight is 463 g/mol. The topological polar surface area (TPSA) is 100 Å². The van der Waals surface area contributed by atoms with Crippen LogP contribution in [-0.4, -0.2) is 34.5 Å². The maximum Gasteiger partial charge on any atom is 0.256 e. The number of anilines is 1. The molecular weight excluding hydrogens is 428 g/mol. The number of amides is 2. The second-order valence-electron chi connectivity index (χ2n) is 9.34. The molecule has 0 radical (unpaired) electrons. The molecule has 1 saturated heterocycles. The molecule has 0 spiro atoms. The van der Waals surface area contributed by atoms with Gasteiger partial charge in [-0.15, -0.1) is 0 Å². The van der Waals surface area contributed by atoms with E-state index in [9.17, 15) is 9.59 Å². The summed E-state index contributed by atoms with van der Waals surface area (Å²) >= 11 is 0. The van der Waals surface area contributed by atoms with E-state index in [1.807, 2.05) is 45.0 Å². The predicted molar refractivity (Wildman–Crippen MR) is 135 cm³/mol. The van der Waals surface area contributed by atoms with Crippen LogP contribution in [0.3, 0.4) is 0 Å². The van der Waals surface area contributed by atoms with Crippen molar-refractivity contribution in [2.45, 2.75) is 65.3 Å². The van der Waals surface area contributed by atoms with Gasteiger partial charge in [0.05, 0.1) is 24.6 Å². The summed E-state index contributed by atoms with van der Waals surface area (Å²) < 4.78 is 0. The van der Waals surface area contributed by atoms with E-state index in [-0.39, 0.29) is 11.8 Å². The van der Waals surface area contributed by atoms with Crippen molar-refractivity contribution in [3.05, 3.63) is 58.4 Å². The number of hydrogen-bond donors (Lipinski definition) is 3. The van der Waals surface area contributed by atoms with Gasteiger partial charge >= 0.3 is 0 Å². The Hall–Kier alpha value is -3.32. The molecule has 3 heterocycles. The molecule has 2 aliphatic heterocycles. The highest BCUT2D eigenvalue weighted by Crippen LogP contribution is 2.35. The number of nitrogens with one attached hydrogen (secondary N) is 2. The molecular formula is C27H34N4O3. The number of benzene rings is 1. The highest BCUT2D eigenvalue weighted by Gasteiger charge is 2.30. The number of nitrogens with two attached hydrogens (primary N) is 1. The second kappa shape index (κ2) is 9.89. The fourth-order valence-electron chi connectivity index (χ4n) is 5.03. The minimum absolute atomic E-state index is 0.0830. The Bertz CT molecular complexity index is 1150. The van der Waals surface area contributed by atoms with Crippen LogP contribution < -0.4 is 11.1 Å². The molecule has 34 heavy (non-hydrogen) atoms. The molecule has 1 aromatic carbocycles. The number of fused-ring (bicyclic) bond motifs is 1. The lowest BCUT2D eigenvalue weighted by molar-refractivity contribution is -0.176. The number of carbonyl (C=O) groups excluding carboxylic acids is 2. The summed E-state index contributed by atoms with van der Waals surface area (Å²) in [6.07, 6.45) is 8.54. The SMILES string of the molecule is C=C(N)c1c(C)[nH]c(/C=C2\C(=O)Nc3ccc(C)cc32)c1C.O=C1CCON1C1CCCCC1. The maximum atomic E-state index is 12.2. The third kappa shape index (κ3) is 4.80. The number of H-pyrrole nitrogens is 1. The third-order valence-corrected chi connectivity index (χ3v) is 6.74. The van der Waals surface area contributed by atoms with E-state index in [0.29, 0.717) is 30.3 Å². The van der Waals surface area contributed by atoms with Gasteiger partial charge in [0, 0.05) is 33.9 Å². The Kier molecular flexibility index (Phi) is 6.93. The molecule has 0 atom stereocenters. The lowest BCUT2D eigenvalue weighted by atomic mass is 9.95. The quantitative estimate of drug-likeness (QED) is 0.568. The average Bonchev–Trinajstić information content (AvgIpc) is 3.45. The minimum Gasteiger partial charge on any atom is -0.399 e. The van der Waals surface area contributed by atoms with Gasteiger partial charge in [0.25, 0.3) is 5.91 Å². The van der Waals surface area contributed by atoms with E-state index in [4.69, 9.17) is 10.6 Å². The molecule has 2 aromatic rings. The van der Waals surface area contributed by atoms with Crippen LogP contribution in [0.4, 0.5) is 5.69 Å². The van der Waals surface area contributed by atoms with E-state index in [2.05, 4.69) is 16.9 Å². The van der Waals surface area contributed by atoms with Crippen molar-refractivity contribution in [2.75, 3.05) is 11.9 Å². The van der Waals surface area contributed by atoms with Crippen molar-refractivity contribution in [1.29, 1.82) is 0 Å². The largest absolute Gasteiger partial charge is 0.399 e. The highest BCUT2D eigenvalue weighted by atomic mass is 16.7. The molecule has 0 bridgehead atoms. The molecule has 0 unspecified atom stereocenters. The first-order valence-corrected chi connectivity index (χ1v) is 12.0. The van der Waals surface area contributed by atoms with Crippen molar-refractivity contribution >= 4 is 34.8 Å². The summed E-state index contributed by atoms with van der Waals surface area (Å²) in [6.45, 7) is 10.4. The molecule has 3 aliphatic rings. The third-order valence-electron chi connectivity index (χ3n) is 6.74. The molecule has 2 amide bonds. The molecule has 1 aliphatic carbocycles. The number of aromatic nitrogens is 1. The Morgan fingerprint density at radius 3 is 2.53 bits per heavy atom. The van der Waals surface area contributed by atoms with E-state index in [1.54, 1.807) is 5.06 Å². The van der Waals surface area contributed by atoms with Gasteiger partial charge in [-0.2, -0.15) is 0 Å². The van der Waals surface area contributed by atoms with Gasteiger partial charge in [0.2, 0.25) is 5.91 Å². The van der Waals surface area contributed by atoms with Crippen LogP contribution in [0.1, 0.15) is 72.2 Å². The van der Waals surface area contributed by atoms with Gasteiger partial charge in [0.15, 0.2) is 0 Å². The van der Waals surface area contributed by atoms with E-state index in [0.717, 1.165) is 52.2 Å². The smallest absolute Gasteiger partial charge is 0.256 e. The van der Waals surface area contributed by atoms with E-state index in [1.165, 1.54) is 19.3 Å². The lowest BCUT2D eigenvalue weighted by Gasteiger charge is -2.28. The van der Waals surface area contributed by atoms with E-state index >= 15 is 0 Å². The van der Waals surface area contributed by atoms with Crippen LogP contribution in [0.15, 0.2) is 24.8 Å². The lowest BCUT2D eigenvalue weighted by Crippen LogP contribution is -2.36. The molecule has 7 nitrogen and oxygen atoms in total. The number of carbonyl (C=O) groups is 2. The molecule has 7 heteroatoms. The standard InChI is InChI=1S/C18H19N3O.C9H15NO2/c1-9-5-6-15-13(7-9)14(18(22)21-15)8-16-10(2)17(11(3)19)12(4)20-16;11-9-6-7-12-10(9)8-4-2-1-3-5-8/h5-8,20H,3,19H2,1-2,4H3,(H,21,22);8H,1-7H2/b14-8-;. The molecule has 180 valence electrons. The van der Waals surface area contributed by atoms with Crippen molar-refractivity contribution in [3.63, 3.8) is 0 Å². The fourth-order valence-corrected chi connectivity index (χ4v) is 5.03. The molecule has 2 fully saturated rings. The zero-order valence-corrected chi connectivity index (χ0v) is 20.3. The number of nitrogens with zero attached hydrogens (tertiary/aromatic N) is 1. The van der Waals surface area contributed by atoms with Crippen LogP contribution in [-0.2, 0) is 14.4 Å². The summed E-state index contributed by atoms with van der Waals surface area (Å²) in [5.41, 5.74) is 13.7. The van der Waals surface area contributed by atoms with Crippen LogP contribution >= 0.6 is 0 Å². The maximum absolute atomic E-state index is 12.2. The normalized spacial score (nSPS) is 19.1. The summed E-state index contributed by atoms with van der Waals surface area (Å²) in [5.74, 6) is 0.0993. The summed E-state index contributed by atoms with van der Waals surface area (Å²) in [7, 11) is 0. The molecule has 1 saturated carbocycles. The predicted octanol–water partition coefficient (Wildman–Crippen LogP) is 4.85. The number of aromatic amines is 1. The van der Waals surface area contributed by atoms with Crippen LogP contribution in [0, 0.1) is 20.8 Å². The van der Waals surface area contributed by atoms with Crippen molar-refractivity contribution < 1.29 is 14.4 Å². The zero-order chi connectivity index (χ0) is 24.4. The molecule has 1 aromatic heterocycles. The van der Waals surface area contributed by atoms with Gasteiger partial charge in [-0.3, -0.25) is 14.4 Å². The Morgan fingerprint density at radius 2 is 1.91 bits per heavy atom. The number of aryl methyl sites for hydroxylation is 2. The van der Waals surface area contributed by atoms with Gasteiger partial charge in [-0.05, 0) is 57.4 Å². The van der Waals surface area contributed by atoms with Gasteiger partial charge in [0.1, 0.15) is 0 Å². The van der Waals surface area contributed by atoms with Crippen molar-refractivity contribution in [2.24, 2.45) is 5.73 Å². The van der Waals surface area contributed by atoms with Crippen LogP contribution in [0.5, 0.6) is 0 Å². The Morgan fingerprint density at radius 1 is 1.18 bits per heavy atom. The van der Waals surface area contributed by atoms with Crippen LogP contribution in [0.2, 0.25) is 0 Å². The molecule has 4 N–H and O–H groups in total. The van der Waals surface area contributed by atoms with Gasteiger partial charge < -0.3 is 16.0 Å². The van der Waals surface area contributed by atoms with E-state index < -0.39 is 0 Å². The first-order valence-electron chi connectivity index (χ1n) is 12.0. The van der Waals surface area contributed by atoms with Crippen molar-refractivity contribution in [1.82, 2.24) is 10.0 Å². The van der Waals surface area contributed by atoms with Gasteiger partial charge in [-0.1, -0.05) is 37.5 Å². The number of hydrogen-bond acceptors (Lipinski definition) is 4. The minimum atomic E-state index is -0.0830. The van der Waals surface area contributed by atoms with Crippen molar-refractivity contribution in [3.8, 4) is 0 Å². The monoisotopic (exact) mass is 462 g/mol. The second-order valence-corrected chi connectivity index (χ2v) is 9.34. The van der Waals surface area contributed by atoms with Crippen LogP contribution in [0.25, 0.3) is 17.3 Å². The summed E-state index contributed by atoms with van der Waals surface area (Å²) in [5, 5.41) is 4.52. The highest BCUT2D eigenvalue weighted by molar-refractivity contribution is 6.34. The summed E-state index contributed by atoms with van der Waals surface area (Å²) in [4.78, 5) is 32.1. The number of rotatable bonds is 3. The summed E-state index contributed by atoms with van der Waals surface area (Å²) in [6, 6.07) is 6.33. The Balaban J connectivity index is 0.000000192.